The molecule has 10 heteroatoms. The normalized spacial score (nSPS) is 16.5. The van der Waals surface area contributed by atoms with Crippen LogP contribution in [0.2, 0.25) is 0 Å². The van der Waals surface area contributed by atoms with Crippen LogP contribution in [-0.2, 0) is 14.2 Å². The van der Waals surface area contributed by atoms with Crippen molar-refractivity contribution < 1.29 is 19.0 Å². The van der Waals surface area contributed by atoms with Gasteiger partial charge in [-0.15, -0.1) is 0 Å². The lowest BCUT2D eigenvalue weighted by atomic mass is 10.0. The molecule has 0 atom stereocenters. The molecule has 198 valence electrons. The number of nitrogens with two attached hydrogens (primary N) is 1. The van der Waals surface area contributed by atoms with Gasteiger partial charge in [0, 0.05) is 57.3 Å². The van der Waals surface area contributed by atoms with Crippen molar-refractivity contribution in [3.05, 3.63) is 42.0 Å². The van der Waals surface area contributed by atoms with E-state index in [1.54, 1.807) is 13.1 Å². The van der Waals surface area contributed by atoms with Crippen LogP contribution < -0.4 is 16.0 Å². The summed E-state index contributed by atoms with van der Waals surface area (Å²) in [6, 6.07) is 11.1. The summed E-state index contributed by atoms with van der Waals surface area (Å²) in [6.45, 7) is 8.62. The molecule has 2 saturated heterocycles. The minimum Gasteiger partial charge on any atom is -0.383 e. The van der Waals surface area contributed by atoms with Gasteiger partial charge in [-0.05, 0) is 37.6 Å². The maximum Gasteiger partial charge on any atom is 0.251 e. The Morgan fingerprint density at radius 1 is 1.11 bits per heavy atom. The van der Waals surface area contributed by atoms with Gasteiger partial charge in [-0.25, -0.2) is 4.98 Å². The van der Waals surface area contributed by atoms with Gasteiger partial charge in [0.05, 0.1) is 24.3 Å². The molecule has 1 aromatic carbocycles. The molecular formula is C27H36N6O4. The van der Waals surface area contributed by atoms with E-state index in [-0.39, 0.29) is 5.91 Å². The number of hydrogen-bond acceptors (Lipinski definition) is 9. The zero-order valence-corrected chi connectivity index (χ0v) is 21.8. The van der Waals surface area contributed by atoms with E-state index in [2.05, 4.69) is 22.1 Å². The molecule has 0 aliphatic carbocycles. The Labute approximate surface area is 217 Å². The summed E-state index contributed by atoms with van der Waals surface area (Å²) in [6.07, 6.45) is 2.65. The van der Waals surface area contributed by atoms with E-state index in [0.29, 0.717) is 47.3 Å². The second-order valence-corrected chi connectivity index (χ2v) is 8.93. The van der Waals surface area contributed by atoms with E-state index >= 15 is 0 Å². The number of ether oxygens (including phenoxy) is 3. The smallest absolute Gasteiger partial charge is 0.251 e. The summed E-state index contributed by atoms with van der Waals surface area (Å²) in [5, 5.41) is 3.34. The molecule has 5 rings (SSSR count). The molecule has 0 bridgehead atoms. The van der Waals surface area contributed by atoms with Gasteiger partial charge >= 0.3 is 0 Å². The Morgan fingerprint density at radius 2 is 1.86 bits per heavy atom. The third-order valence-electron chi connectivity index (χ3n) is 6.40. The van der Waals surface area contributed by atoms with Gasteiger partial charge in [-0.1, -0.05) is 19.1 Å². The largest absolute Gasteiger partial charge is 0.383 e. The lowest BCUT2D eigenvalue weighted by molar-refractivity contribution is -0.169. The molecule has 37 heavy (non-hydrogen) atoms. The topological polar surface area (TPSA) is 125 Å². The van der Waals surface area contributed by atoms with Crippen molar-refractivity contribution in [1.29, 1.82) is 0 Å². The average molecular weight is 509 g/mol. The minimum absolute atomic E-state index is 0.144. The van der Waals surface area contributed by atoms with Gasteiger partial charge in [-0.2, -0.15) is 9.97 Å². The average Bonchev–Trinajstić information content (AvgIpc) is 3.39. The number of rotatable bonds is 6. The highest BCUT2D eigenvalue weighted by molar-refractivity contribution is 5.95. The van der Waals surface area contributed by atoms with Crippen molar-refractivity contribution in [3.63, 3.8) is 0 Å². The number of anilines is 2. The predicted molar refractivity (Wildman–Crippen MR) is 143 cm³/mol. The van der Waals surface area contributed by atoms with Crippen LogP contribution in [0.15, 0.2) is 36.4 Å². The van der Waals surface area contributed by atoms with Crippen LogP contribution in [0.3, 0.4) is 0 Å². The number of nitrogens with one attached hydrogen (secondary N) is 1. The van der Waals surface area contributed by atoms with Crippen LogP contribution in [0.25, 0.3) is 22.3 Å². The highest BCUT2D eigenvalue weighted by atomic mass is 16.7. The molecule has 2 aromatic heterocycles. The van der Waals surface area contributed by atoms with Crippen molar-refractivity contribution in [1.82, 2.24) is 20.3 Å². The number of amides is 1. The van der Waals surface area contributed by atoms with E-state index in [1.807, 2.05) is 37.3 Å². The Hall–Kier alpha value is -3.34. The molecule has 2 fully saturated rings. The quantitative estimate of drug-likeness (QED) is 0.482. The number of fused-ring (bicyclic) bond motifs is 1. The molecular weight excluding hydrogens is 472 g/mol. The highest BCUT2D eigenvalue weighted by Gasteiger charge is 2.40. The van der Waals surface area contributed by atoms with Gasteiger partial charge in [0.15, 0.2) is 11.4 Å². The van der Waals surface area contributed by atoms with Crippen molar-refractivity contribution in [3.8, 4) is 11.3 Å². The summed E-state index contributed by atoms with van der Waals surface area (Å²) in [7, 11) is 1.61. The molecule has 3 N–H and O–H groups in total. The SMILES string of the molecule is CCCOCC.CNC(=O)c1cccc(-c2ccc3c(N)nc(N4CCC5(CC4)OCCO5)nc3n2)c1. The number of nitrogen functional groups attached to an aromatic ring is 1. The fourth-order valence-corrected chi connectivity index (χ4v) is 4.41. The first kappa shape index (κ1) is 26.7. The van der Waals surface area contributed by atoms with E-state index in [1.165, 1.54) is 0 Å². The van der Waals surface area contributed by atoms with E-state index in [0.717, 1.165) is 51.1 Å². The lowest BCUT2D eigenvalue weighted by Crippen LogP contribution is -2.45. The van der Waals surface area contributed by atoms with Crippen LogP contribution in [0.1, 0.15) is 43.5 Å². The van der Waals surface area contributed by atoms with Gasteiger partial charge in [-0.3, -0.25) is 4.79 Å². The van der Waals surface area contributed by atoms with Gasteiger partial charge < -0.3 is 30.2 Å². The van der Waals surface area contributed by atoms with Gasteiger partial charge in [0.2, 0.25) is 5.95 Å². The Bertz CT molecular complexity index is 1200. The Morgan fingerprint density at radius 3 is 2.51 bits per heavy atom. The number of aromatic nitrogens is 3. The maximum atomic E-state index is 12.0. The number of carbonyl (C=O) groups is 1. The third kappa shape index (κ3) is 6.33. The molecule has 3 aromatic rings. The maximum absolute atomic E-state index is 12.0. The summed E-state index contributed by atoms with van der Waals surface area (Å²) in [5.74, 6) is 0.350. The molecule has 4 heterocycles. The van der Waals surface area contributed by atoms with Crippen molar-refractivity contribution in [2.75, 3.05) is 57.2 Å². The second-order valence-electron chi connectivity index (χ2n) is 8.93. The molecule has 1 amide bonds. The molecule has 2 aliphatic heterocycles. The van der Waals surface area contributed by atoms with Gasteiger partial charge in [0.25, 0.3) is 5.91 Å². The first-order valence-corrected chi connectivity index (χ1v) is 12.9. The highest BCUT2D eigenvalue weighted by Crippen LogP contribution is 2.33. The minimum atomic E-state index is -0.458. The zero-order chi connectivity index (χ0) is 26.3. The fourth-order valence-electron chi connectivity index (χ4n) is 4.41. The van der Waals surface area contributed by atoms with E-state index < -0.39 is 5.79 Å². The molecule has 1 spiro atoms. The Kier molecular flexibility index (Phi) is 8.86. The van der Waals surface area contributed by atoms with Crippen LogP contribution in [0.5, 0.6) is 0 Å². The van der Waals surface area contributed by atoms with Gasteiger partial charge in [0.1, 0.15) is 5.82 Å². The third-order valence-corrected chi connectivity index (χ3v) is 6.40. The zero-order valence-electron chi connectivity index (χ0n) is 21.8. The summed E-state index contributed by atoms with van der Waals surface area (Å²) in [5.41, 5.74) is 8.88. The van der Waals surface area contributed by atoms with Crippen LogP contribution in [0, 0.1) is 0 Å². The Balaban J connectivity index is 0.000000480. The standard InChI is InChI=1S/C22H24N6O3.C5H12O/c1-24-20(29)15-4-2-3-14(13-15)17-6-5-16-18(23)26-21(27-19(16)25-17)28-9-7-22(8-10-28)30-11-12-31-22;1-3-5-6-4-2/h2-6,13H,7-12H2,1H3,(H,24,29)(H2,23,25,26,27);3-5H2,1-2H3. The summed E-state index contributed by atoms with van der Waals surface area (Å²) in [4.78, 5) is 28.0. The summed E-state index contributed by atoms with van der Waals surface area (Å²) < 4.78 is 16.6. The number of nitrogens with zero attached hydrogens (tertiary/aromatic N) is 4. The molecule has 0 unspecified atom stereocenters. The first-order chi connectivity index (χ1) is 18.0. The van der Waals surface area contributed by atoms with Crippen molar-refractivity contribution in [2.24, 2.45) is 0 Å². The van der Waals surface area contributed by atoms with E-state index in [9.17, 15) is 4.79 Å². The van der Waals surface area contributed by atoms with Crippen LogP contribution in [0.4, 0.5) is 11.8 Å². The predicted octanol–water partition coefficient (Wildman–Crippen LogP) is 3.41. The molecule has 0 radical (unpaired) electrons. The van der Waals surface area contributed by atoms with Crippen LogP contribution >= 0.6 is 0 Å². The second kappa shape index (κ2) is 12.3. The molecule has 10 nitrogen and oxygen atoms in total. The van der Waals surface area contributed by atoms with Crippen molar-refractivity contribution in [2.45, 2.75) is 38.9 Å². The molecule has 2 aliphatic rings. The monoisotopic (exact) mass is 508 g/mol. The number of pyridine rings is 1. The summed E-state index contributed by atoms with van der Waals surface area (Å²) >= 11 is 0. The number of carbonyl (C=O) groups excluding carboxylic acids is 1. The fraction of sp³-hybridized carbons (Fsp3) is 0.481. The van der Waals surface area contributed by atoms with Crippen LogP contribution in [-0.4, -0.2) is 73.2 Å². The van der Waals surface area contributed by atoms with E-state index in [4.69, 9.17) is 29.9 Å². The number of piperidine rings is 1. The number of hydrogen-bond donors (Lipinski definition) is 2. The number of benzene rings is 1. The lowest BCUT2D eigenvalue weighted by Gasteiger charge is -2.37. The molecule has 0 saturated carbocycles. The van der Waals surface area contributed by atoms with Crippen molar-refractivity contribution >= 4 is 28.7 Å². The first-order valence-electron chi connectivity index (χ1n) is 12.9.